The number of carbonyl (C=O) groups excluding carboxylic acids is 1. The lowest BCUT2D eigenvalue weighted by Gasteiger charge is -2.07. The van der Waals surface area contributed by atoms with Gasteiger partial charge in [0.1, 0.15) is 12.1 Å². The number of rotatable bonds is 4. The van der Waals surface area contributed by atoms with Crippen molar-refractivity contribution in [2.24, 2.45) is 0 Å². The predicted molar refractivity (Wildman–Crippen MR) is 83.7 cm³/mol. The van der Waals surface area contributed by atoms with Gasteiger partial charge in [-0.05, 0) is 24.6 Å². The van der Waals surface area contributed by atoms with Gasteiger partial charge in [0.25, 0.3) is 5.91 Å². The van der Waals surface area contributed by atoms with E-state index in [1.165, 1.54) is 5.56 Å². The first kappa shape index (κ1) is 14.0. The van der Waals surface area contributed by atoms with Gasteiger partial charge in [-0.15, -0.1) is 0 Å². The molecule has 0 aliphatic carbocycles. The summed E-state index contributed by atoms with van der Waals surface area (Å²) in [6, 6.07) is 11.6. The average Bonchev–Trinajstić information content (AvgIpc) is 3.07. The highest BCUT2D eigenvalue weighted by Crippen LogP contribution is 2.07. The van der Waals surface area contributed by atoms with Gasteiger partial charge in [0.15, 0.2) is 0 Å². The summed E-state index contributed by atoms with van der Waals surface area (Å²) in [6.45, 7) is 2.54. The van der Waals surface area contributed by atoms with Gasteiger partial charge in [0, 0.05) is 25.1 Å². The topological polar surface area (TPSA) is 59.8 Å². The smallest absolute Gasteiger partial charge is 0.253 e. The fraction of sp³-hybridized carbons (Fsp3) is 0.118. The van der Waals surface area contributed by atoms with Crippen molar-refractivity contribution >= 4 is 5.91 Å². The number of benzene rings is 1. The Bertz CT molecular complexity index is 764. The lowest BCUT2D eigenvalue weighted by atomic mass is 10.1. The highest BCUT2D eigenvalue weighted by molar-refractivity contribution is 5.93. The molecule has 3 rings (SSSR count). The third kappa shape index (κ3) is 3.20. The van der Waals surface area contributed by atoms with E-state index in [1.54, 1.807) is 41.6 Å². The Labute approximate surface area is 128 Å². The summed E-state index contributed by atoms with van der Waals surface area (Å²) < 4.78 is 1.79. The highest BCUT2D eigenvalue weighted by atomic mass is 16.1. The van der Waals surface area contributed by atoms with Crippen LogP contribution >= 0.6 is 0 Å². The van der Waals surface area contributed by atoms with E-state index in [0.717, 1.165) is 11.4 Å². The lowest BCUT2D eigenvalue weighted by molar-refractivity contribution is 0.0950. The zero-order valence-electron chi connectivity index (χ0n) is 12.2. The summed E-state index contributed by atoms with van der Waals surface area (Å²) in [5.41, 5.74) is 2.80. The van der Waals surface area contributed by atoms with E-state index in [1.807, 2.05) is 25.1 Å². The van der Waals surface area contributed by atoms with E-state index < -0.39 is 0 Å². The van der Waals surface area contributed by atoms with Gasteiger partial charge in [-0.3, -0.25) is 9.36 Å². The van der Waals surface area contributed by atoms with Crippen molar-refractivity contribution in [1.29, 1.82) is 0 Å². The van der Waals surface area contributed by atoms with Crippen LogP contribution < -0.4 is 5.32 Å². The Morgan fingerprint density at radius 1 is 1.27 bits per heavy atom. The number of nitrogens with one attached hydrogen (secondary N) is 1. The molecule has 2 aromatic heterocycles. The predicted octanol–water partition coefficient (Wildman–Crippen LogP) is 2.51. The van der Waals surface area contributed by atoms with Crippen molar-refractivity contribution in [2.75, 3.05) is 0 Å². The van der Waals surface area contributed by atoms with E-state index in [9.17, 15) is 4.79 Å². The van der Waals surface area contributed by atoms with Crippen LogP contribution in [-0.2, 0) is 6.54 Å². The number of carbonyl (C=O) groups is 1. The van der Waals surface area contributed by atoms with Crippen molar-refractivity contribution in [1.82, 2.24) is 19.9 Å². The third-order valence-corrected chi connectivity index (χ3v) is 3.31. The Hall–Kier alpha value is -2.95. The molecule has 0 aliphatic heterocycles. The molecule has 5 heteroatoms. The van der Waals surface area contributed by atoms with Crippen LogP contribution in [0.25, 0.3) is 5.82 Å². The molecule has 1 amide bonds. The molecule has 0 unspecified atom stereocenters. The molecule has 0 atom stereocenters. The maximum Gasteiger partial charge on any atom is 0.253 e. The van der Waals surface area contributed by atoms with E-state index in [4.69, 9.17) is 0 Å². The molecule has 5 nitrogen and oxygen atoms in total. The minimum atomic E-state index is -0.133. The monoisotopic (exact) mass is 292 g/mol. The quantitative estimate of drug-likeness (QED) is 0.803. The average molecular weight is 292 g/mol. The first-order chi connectivity index (χ1) is 10.7. The molecule has 0 saturated carbocycles. The van der Waals surface area contributed by atoms with Crippen molar-refractivity contribution in [3.8, 4) is 5.82 Å². The number of nitrogens with zero attached hydrogens (tertiary/aromatic N) is 3. The Kier molecular flexibility index (Phi) is 3.96. The van der Waals surface area contributed by atoms with E-state index in [0.29, 0.717) is 12.1 Å². The van der Waals surface area contributed by atoms with Gasteiger partial charge in [0.2, 0.25) is 0 Å². The van der Waals surface area contributed by atoms with Crippen molar-refractivity contribution < 1.29 is 4.79 Å². The largest absolute Gasteiger partial charge is 0.348 e. The van der Waals surface area contributed by atoms with Gasteiger partial charge in [-0.2, -0.15) is 0 Å². The Morgan fingerprint density at radius 2 is 2.18 bits per heavy atom. The number of amides is 1. The Balaban J connectivity index is 1.65. The molecule has 2 heterocycles. The van der Waals surface area contributed by atoms with E-state index in [2.05, 4.69) is 21.4 Å². The minimum absolute atomic E-state index is 0.133. The number of hydrogen-bond donors (Lipinski definition) is 1. The molecule has 0 bridgehead atoms. The fourth-order valence-corrected chi connectivity index (χ4v) is 2.17. The molecular weight excluding hydrogens is 276 g/mol. The molecule has 22 heavy (non-hydrogen) atoms. The Morgan fingerprint density at radius 3 is 2.86 bits per heavy atom. The number of aromatic nitrogens is 3. The highest BCUT2D eigenvalue weighted by Gasteiger charge is 2.06. The molecule has 0 radical (unpaired) electrons. The number of imidazole rings is 1. The van der Waals surface area contributed by atoms with Gasteiger partial charge in [0.05, 0.1) is 5.56 Å². The maximum absolute atomic E-state index is 12.1. The normalized spacial score (nSPS) is 10.4. The van der Waals surface area contributed by atoms with E-state index >= 15 is 0 Å². The van der Waals surface area contributed by atoms with Gasteiger partial charge < -0.3 is 5.32 Å². The van der Waals surface area contributed by atoms with Crippen LogP contribution in [0.2, 0.25) is 0 Å². The van der Waals surface area contributed by atoms with Crippen LogP contribution in [0, 0.1) is 6.92 Å². The second kappa shape index (κ2) is 6.22. The lowest BCUT2D eigenvalue weighted by Crippen LogP contribution is -2.23. The second-order valence-corrected chi connectivity index (χ2v) is 5.05. The zero-order chi connectivity index (χ0) is 15.4. The zero-order valence-corrected chi connectivity index (χ0v) is 12.2. The van der Waals surface area contributed by atoms with Crippen LogP contribution in [0.4, 0.5) is 0 Å². The first-order valence-corrected chi connectivity index (χ1v) is 7.00. The summed E-state index contributed by atoms with van der Waals surface area (Å²) >= 11 is 0. The van der Waals surface area contributed by atoms with Crippen molar-refractivity contribution in [3.63, 3.8) is 0 Å². The molecule has 0 saturated heterocycles. The van der Waals surface area contributed by atoms with Crippen molar-refractivity contribution in [2.45, 2.75) is 13.5 Å². The fourth-order valence-electron chi connectivity index (χ4n) is 2.17. The van der Waals surface area contributed by atoms with Crippen LogP contribution in [0.5, 0.6) is 0 Å². The number of hydrogen-bond acceptors (Lipinski definition) is 3. The van der Waals surface area contributed by atoms with Crippen LogP contribution in [-0.4, -0.2) is 20.4 Å². The SMILES string of the molecule is Cc1cccc(CNC(=O)c2ccc(-n3ccnc3)nc2)c1. The molecule has 1 N–H and O–H groups in total. The molecule has 3 aromatic rings. The molecule has 0 fully saturated rings. The van der Waals surface area contributed by atoms with Crippen molar-refractivity contribution in [3.05, 3.63) is 78.0 Å². The standard InChI is InChI=1S/C17H16N4O/c1-13-3-2-4-14(9-13)10-20-17(22)15-5-6-16(19-11-15)21-8-7-18-12-21/h2-9,11-12H,10H2,1H3,(H,20,22). The summed E-state index contributed by atoms with van der Waals surface area (Å²) in [6.07, 6.45) is 6.73. The first-order valence-electron chi connectivity index (χ1n) is 7.00. The second-order valence-electron chi connectivity index (χ2n) is 5.05. The number of aryl methyl sites for hydroxylation is 1. The summed E-state index contributed by atoms with van der Waals surface area (Å²) in [5, 5.41) is 2.90. The molecule has 0 spiro atoms. The summed E-state index contributed by atoms with van der Waals surface area (Å²) in [4.78, 5) is 20.4. The van der Waals surface area contributed by atoms with E-state index in [-0.39, 0.29) is 5.91 Å². The summed E-state index contributed by atoms with van der Waals surface area (Å²) in [7, 11) is 0. The summed E-state index contributed by atoms with van der Waals surface area (Å²) in [5.74, 6) is 0.596. The van der Waals surface area contributed by atoms with Gasteiger partial charge >= 0.3 is 0 Å². The van der Waals surface area contributed by atoms with Gasteiger partial charge in [-0.25, -0.2) is 9.97 Å². The van der Waals surface area contributed by atoms with Crippen LogP contribution in [0.15, 0.2) is 61.3 Å². The molecule has 1 aromatic carbocycles. The minimum Gasteiger partial charge on any atom is -0.348 e. The maximum atomic E-state index is 12.1. The third-order valence-electron chi connectivity index (χ3n) is 3.31. The molecule has 110 valence electrons. The molecular formula is C17H16N4O. The number of pyridine rings is 1. The van der Waals surface area contributed by atoms with Gasteiger partial charge in [-0.1, -0.05) is 29.8 Å². The van der Waals surface area contributed by atoms with Crippen LogP contribution in [0.1, 0.15) is 21.5 Å². The van der Waals surface area contributed by atoms with Crippen LogP contribution in [0.3, 0.4) is 0 Å². The molecule has 0 aliphatic rings.